The van der Waals surface area contributed by atoms with Gasteiger partial charge in [0, 0.05) is 41.7 Å². The van der Waals surface area contributed by atoms with Crippen molar-refractivity contribution in [3.05, 3.63) is 59.3 Å². The molecule has 8 nitrogen and oxygen atoms in total. The molecule has 0 spiro atoms. The molecule has 0 aliphatic carbocycles. The minimum atomic E-state index is -0.593. The zero-order valence-corrected chi connectivity index (χ0v) is 21.2. The van der Waals surface area contributed by atoms with E-state index in [2.05, 4.69) is 11.1 Å². The van der Waals surface area contributed by atoms with E-state index in [1.807, 2.05) is 50.2 Å². The van der Waals surface area contributed by atoms with Gasteiger partial charge in [0.15, 0.2) is 11.5 Å². The maximum atomic E-state index is 13.8. The van der Waals surface area contributed by atoms with Crippen LogP contribution in [0.2, 0.25) is 0 Å². The number of ether oxygens (including phenoxy) is 3. The molecule has 1 fully saturated rings. The number of fused-ring (bicyclic) bond motifs is 4. The highest BCUT2D eigenvalue weighted by Crippen LogP contribution is 2.46. The molecule has 1 N–H and O–H groups in total. The topological polar surface area (TPSA) is 84.1 Å². The van der Waals surface area contributed by atoms with Gasteiger partial charge in [-0.15, -0.1) is 0 Å². The Labute approximate surface area is 211 Å². The maximum Gasteiger partial charge on any atom is 0.246 e. The Hall–Kier alpha value is -3.52. The quantitative estimate of drug-likeness (QED) is 0.486. The average molecular weight is 492 g/mol. The second kappa shape index (κ2) is 9.85. The second-order valence-corrected chi connectivity index (χ2v) is 9.60. The van der Waals surface area contributed by atoms with Crippen molar-refractivity contribution in [2.45, 2.75) is 44.9 Å². The summed E-state index contributed by atoms with van der Waals surface area (Å²) in [7, 11) is 3.19. The molecule has 2 aliphatic heterocycles. The third-order valence-corrected chi connectivity index (χ3v) is 7.09. The molecule has 2 amide bonds. The summed E-state index contributed by atoms with van der Waals surface area (Å²) in [5, 5.41) is 1.07. The van der Waals surface area contributed by atoms with Gasteiger partial charge in [-0.2, -0.15) is 0 Å². The van der Waals surface area contributed by atoms with Crippen molar-refractivity contribution in [2.75, 3.05) is 33.9 Å². The number of aromatic amines is 1. The van der Waals surface area contributed by atoms with Crippen LogP contribution in [0.3, 0.4) is 0 Å². The molecule has 3 heterocycles. The minimum absolute atomic E-state index is 0.0260. The molecule has 2 aromatic carbocycles. The number of nitrogens with zero attached hydrogens (tertiary/aromatic N) is 2. The molecule has 2 aliphatic rings. The van der Waals surface area contributed by atoms with E-state index < -0.39 is 12.1 Å². The highest BCUT2D eigenvalue weighted by atomic mass is 16.5. The molecule has 36 heavy (non-hydrogen) atoms. The Morgan fingerprint density at radius 1 is 1.06 bits per heavy atom. The van der Waals surface area contributed by atoms with Gasteiger partial charge in [-0.3, -0.25) is 9.59 Å². The number of amides is 2. The Kier molecular flexibility index (Phi) is 6.62. The summed E-state index contributed by atoms with van der Waals surface area (Å²) < 4.78 is 17.0. The Morgan fingerprint density at radius 2 is 1.86 bits per heavy atom. The SMILES string of the molecule is COc1cccc([C@H]2c3[nH]c4ccccc4c3C[C@H]3C(=O)N(CCCOC(C)C)CC(=O)N23)c1OC. The first kappa shape index (κ1) is 24.2. The van der Waals surface area contributed by atoms with E-state index >= 15 is 0 Å². The number of carbonyl (C=O) groups is 2. The number of hydrogen-bond acceptors (Lipinski definition) is 5. The normalized spacial score (nSPS) is 19.6. The van der Waals surface area contributed by atoms with Crippen LogP contribution in [0.25, 0.3) is 10.9 Å². The molecule has 0 bridgehead atoms. The molecule has 190 valence electrons. The first-order valence-electron chi connectivity index (χ1n) is 12.5. The van der Waals surface area contributed by atoms with Gasteiger partial charge in [-0.25, -0.2) is 0 Å². The summed E-state index contributed by atoms with van der Waals surface area (Å²) in [6.07, 6.45) is 1.29. The fraction of sp³-hybridized carbons (Fsp3) is 0.429. The van der Waals surface area contributed by atoms with E-state index in [1.165, 1.54) is 0 Å². The summed E-state index contributed by atoms with van der Waals surface area (Å²) >= 11 is 0. The fourth-order valence-corrected chi connectivity index (χ4v) is 5.54. The van der Waals surface area contributed by atoms with Gasteiger partial charge in [-0.1, -0.05) is 30.3 Å². The number of piperazine rings is 1. The molecule has 0 unspecified atom stereocenters. The first-order valence-corrected chi connectivity index (χ1v) is 12.5. The smallest absolute Gasteiger partial charge is 0.246 e. The van der Waals surface area contributed by atoms with Crippen molar-refractivity contribution in [3.63, 3.8) is 0 Å². The number of aromatic nitrogens is 1. The van der Waals surface area contributed by atoms with Crippen molar-refractivity contribution in [2.24, 2.45) is 0 Å². The largest absolute Gasteiger partial charge is 0.493 e. The van der Waals surface area contributed by atoms with Crippen molar-refractivity contribution in [3.8, 4) is 11.5 Å². The second-order valence-electron chi connectivity index (χ2n) is 9.60. The van der Waals surface area contributed by atoms with Crippen LogP contribution >= 0.6 is 0 Å². The summed E-state index contributed by atoms with van der Waals surface area (Å²) in [4.78, 5) is 34.5. The zero-order chi connectivity index (χ0) is 25.4. The molecular formula is C28H33N3O5. The monoisotopic (exact) mass is 491 g/mol. The number of para-hydroxylation sites is 2. The molecule has 8 heteroatoms. The van der Waals surface area contributed by atoms with E-state index in [0.717, 1.165) is 27.7 Å². The van der Waals surface area contributed by atoms with Crippen molar-refractivity contribution in [1.29, 1.82) is 0 Å². The Bertz CT molecular complexity index is 1280. The summed E-state index contributed by atoms with van der Waals surface area (Å²) in [6.45, 7) is 5.08. The van der Waals surface area contributed by atoms with Gasteiger partial charge in [-0.05, 0) is 38.0 Å². The van der Waals surface area contributed by atoms with Gasteiger partial charge in [0.2, 0.25) is 11.8 Å². The Balaban J connectivity index is 1.58. The van der Waals surface area contributed by atoms with E-state index in [0.29, 0.717) is 37.5 Å². The maximum absolute atomic E-state index is 13.8. The lowest BCUT2D eigenvalue weighted by Gasteiger charge is -2.47. The van der Waals surface area contributed by atoms with E-state index in [1.54, 1.807) is 24.0 Å². The Morgan fingerprint density at radius 3 is 2.61 bits per heavy atom. The third kappa shape index (κ3) is 4.09. The van der Waals surface area contributed by atoms with Crippen LogP contribution in [0.4, 0.5) is 0 Å². The molecule has 0 saturated carbocycles. The molecule has 5 rings (SSSR count). The molecule has 1 saturated heterocycles. The molecule has 2 atom stereocenters. The number of benzene rings is 2. The van der Waals surface area contributed by atoms with Gasteiger partial charge in [0.25, 0.3) is 0 Å². The predicted octanol–water partition coefficient (Wildman–Crippen LogP) is 3.69. The number of H-pyrrole nitrogens is 1. The number of nitrogens with one attached hydrogen (secondary N) is 1. The van der Waals surface area contributed by atoms with Crippen LogP contribution in [0.15, 0.2) is 42.5 Å². The zero-order valence-electron chi connectivity index (χ0n) is 21.2. The minimum Gasteiger partial charge on any atom is -0.493 e. The molecule has 3 aromatic rings. The number of hydrogen-bond donors (Lipinski definition) is 1. The van der Waals surface area contributed by atoms with Gasteiger partial charge in [0.1, 0.15) is 12.1 Å². The van der Waals surface area contributed by atoms with Gasteiger partial charge in [0.05, 0.1) is 26.9 Å². The lowest BCUT2D eigenvalue weighted by Crippen LogP contribution is -2.63. The summed E-state index contributed by atoms with van der Waals surface area (Å²) in [6, 6.07) is 12.6. The van der Waals surface area contributed by atoms with Crippen LogP contribution in [0.5, 0.6) is 11.5 Å². The van der Waals surface area contributed by atoms with Crippen LogP contribution < -0.4 is 9.47 Å². The van der Waals surface area contributed by atoms with Gasteiger partial charge >= 0.3 is 0 Å². The van der Waals surface area contributed by atoms with Crippen molar-refractivity contribution in [1.82, 2.24) is 14.8 Å². The fourth-order valence-electron chi connectivity index (χ4n) is 5.54. The standard InChI is InChI=1S/C28H33N3O5/c1-17(2)36-14-8-13-30-16-24(32)31-22(28(30)33)15-20-18-9-5-6-11-21(18)29-25(20)26(31)19-10-7-12-23(34-3)27(19)35-4/h5-7,9-12,17,22,26,29H,8,13-16H2,1-4H3/t22-,26-/m0/s1. The summed E-state index contributed by atoms with van der Waals surface area (Å²) in [5.74, 6) is 1.03. The van der Waals surface area contributed by atoms with Gasteiger partial charge < -0.3 is 29.0 Å². The van der Waals surface area contributed by atoms with E-state index in [4.69, 9.17) is 14.2 Å². The third-order valence-electron chi connectivity index (χ3n) is 7.09. The van der Waals surface area contributed by atoms with E-state index in [9.17, 15) is 9.59 Å². The van der Waals surface area contributed by atoms with Crippen molar-refractivity contribution >= 4 is 22.7 Å². The first-order chi connectivity index (χ1) is 17.4. The van der Waals surface area contributed by atoms with E-state index in [-0.39, 0.29) is 24.5 Å². The highest BCUT2D eigenvalue weighted by molar-refractivity contribution is 5.97. The molecule has 1 aromatic heterocycles. The average Bonchev–Trinajstić information content (AvgIpc) is 3.25. The number of rotatable bonds is 8. The van der Waals surface area contributed by atoms with Crippen LogP contribution in [0, 0.1) is 0 Å². The van der Waals surface area contributed by atoms with Crippen LogP contribution in [0.1, 0.15) is 43.1 Å². The summed E-state index contributed by atoms with van der Waals surface area (Å²) in [5.41, 5.74) is 3.75. The highest BCUT2D eigenvalue weighted by Gasteiger charge is 2.48. The van der Waals surface area contributed by atoms with Crippen LogP contribution in [-0.4, -0.2) is 72.7 Å². The number of methoxy groups -OCH3 is 2. The lowest BCUT2D eigenvalue weighted by atomic mass is 9.85. The van der Waals surface area contributed by atoms with Crippen molar-refractivity contribution < 1.29 is 23.8 Å². The molecular weight excluding hydrogens is 458 g/mol. The lowest BCUT2D eigenvalue weighted by molar-refractivity contribution is -0.158. The predicted molar refractivity (Wildman–Crippen MR) is 136 cm³/mol. The molecule has 0 radical (unpaired) electrons. The number of carbonyl (C=O) groups excluding carboxylic acids is 2. The van der Waals surface area contributed by atoms with Crippen LogP contribution in [-0.2, 0) is 20.7 Å².